The van der Waals surface area contributed by atoms with Crippen LogP contribution in [0.25, 0.3) is 6.08 Å². The van der Waals surface area contributed by atoms with E-state index < -0.39 is 29.2 Å². The molecule has 3 atom stereocenters. The highest BCUT2D eigenvalue weighted by Crippen LogP contribution is 2.61. The van der Waals surface area contributed by atoms with E-state index in [0.717, 1.165) is 4.47 Å². The van der Waals surface area contributed by atoms with E-state index in [1.165, 1.54) is 19.2 Å². The first-order chi connectivity index (χ1) is 19.9. The Labute approximate surface area is 244 Å². The molecule has 0 N–H and O–H groups in total. The lowest BCUT2D eigenvalue weighted by molar-refractivity contribution is 0.0666. The molecule has 3 aliphatic rings. The van der Waals surface area contributed by atoms with Gasteiger partial charge in [-0.25, -0.2) is 4.39 Å². The van der Waals surface area contributed by atoms with E-state index in [2.05, 4.69) is 15.9 Å². The fourth-order valence-electron chi connectivity index (χ4n) is 6.94. The Hall–Kier alpha value is -4.36. The lowest BCUT2D eigenvalue weighted by atomic mass is 9.64. The molecule has 4 aromatic rings. The molecule has 41 heavy (non-hydrogen) atoms. The second-order valence-corrected chi connectivity index (χ2v) is 11.5. The second kappa shape index (κ2) is 9.35. The van der Waals surface area contributed by atoms with Crippen LogP contribution in [0.4, 0.5) is 10.1 Å². The van der Waals surface area contributed by atoms with Crippen molar-refractivity contribution in [3.8, 4) is 5.75 Å². The molecule has 7 rings (SSSR count). The standard InChI is InChI=1S/C34H23BrFNO4/c1-41-24-6-4-5-21(18-24)31(38)30-29(19-9-12-22(35)13-10-19)34(32(39)25-7-2-3-8-26(25)33(34)40)28-16-11-20-17-23(36)14-15-27(20)37(28)30/h2-18,28-30H,1H3/t28-,29+,30-/m0/s1. The number of fused-ring (bicyclic) bond motifs is 5. The van der Waals surface area contributed by atoms with Gasteiger partial charge in [0.2, 0.25) is 0 Å². The average Bonchev–Trinajstić information content (AvgIpc) is 3.43. The van der Waals surface area contributed by atoms with Crippen molar-refractivity contribution in [2.45, 2.75) is 18.0 Å². The van der Waals surface area contributed by atoms with E-state index in [4.69, 9.17) is 4.74 Å². The maximum atomic E-state index is 14.7. The van der Waals surface area contributed by atoms with Crippen molar-refractivity contribution in [3.63, 3.8) is 0 Å². The predicted octanol–water partition coefficient (Wildman–Crippen LogP) is 6.91. The molecule has 7 heteroatoms. The maximum absolute atomic E-state index is 14.7. The summed E-state index contributed by atoms with van der Waals surface area (Å²) in [5.74, 6) is -1.62. The van der Waals surface area contributed by atoms with Crippen LogP contribution >= 0.6 is 15.9 Å². The van der Waals surface area contributed by atoms with Crippen LogP contribution in [0, 0.1) is 11.2 Å². The molecule has 0 bridgehead atoms. The maximum Gasteiger partial charge on any atom is 0.186 e. The highest BCUT2D eigenvalue weighted by molar-refractivity contribution is 9.10. The Morgan fingerprint density at radius 1 is 0.902 bits per heavy atom. The molecule has 1 fully saturated rings. The molecule has 0 unspecified atom stereocenters. The first-order valence-electron chi connectivity index (χ1n) is 13.2. The second-order valence-electron chi connectivity index (χ2n) is 10.6. The molecular formula is C34H23BrFNO4. The van der Waals surface area contributed by atoms with E-state index in [1.54, 1.807) is 66.7 Å². The zero-order chi connectivity index (χ0) is 28.5. The van der Waals surface area contributed by atoms with Crippen LogP contribution in [0.2, 0.25) is 0 Å². The summed E-state index contributed by atoms with van der Waals surface area (Å²) in [4.78, 5) is 45.8. The number of rotatable bonds is 4. The van der Waals surface area contributed by atoms with Crippen molar-refractivity contribution in [3.05, 3.63) is 135 Å². The zero-order valence-electron chi connectivity index (χ0n) is 21.9. The van der Waals surface area contributed by atoms with Crippen molar-refractivity contribution in [1.82, 2.24) is 0 Å². The van der Waals surface area contributed by atoms with Crippen LogP contribution in [0.15, 0.2) is 102 Å². The number of ketones is 3. The van der Waals surface area contributed by atoms with Crippen LogP contribution < -0.4 is 9.64 Å². The molecule has 202 valence electrons. The summed E-state index contributed by atoms with van der Waals surface area (Å²) in [5.41, 5.74) is 1.35. The molecule has 0 saturated carbocycles. The van der Waals surface area contributed by atoms with Crippen LogP contribution in [0.5, 0.6) is 5.75 Å². The summed E-state index contributed by atoms with van der Waals surface area (Å²) < 4.78 is 20.6. The summed E-state index contributed by atoms with van der Waals surface area (Å²) in [6.07, 6.45) is 3.54. The number of halogens is 2. The number of carbonyl (C=O) groups is 3. The molecule has 4 aromatic carbocycles. The molecular weight excluding hydrogens is 585 g/mol. The molecule has 0 radical (unpaired) electrons. The summed E-state index contributed by atoms with van der Waals surface area (Å²) in [5, 5.41) is 0. The first kappa shape index (κ1) is 25.6. The minimum atomic E-state index is -1.61. The van der Waals surface area contributed by atoms with Crippen molar-refractivity contribution in [2.75, 3.05) is 12.0 Å². The molecule has 1 saturated heterocycles. The van der Waals surface area contributed by atoms with E-state index in [0.29, 0.717) is 39.3 Å². The van der Waals surface area contributed by atoms with Gasteiger partial charge in [0.1, 0.15) is 23.0 Å². The smallest absolute Gasteiger partial charge is 0.186 e. The number of ether oxygens (including phenoxy) is 1. The van der Waals surface area contributed by atoms with Gasteiger partial charge >= 0.3 is 0 Å². The van der Waals surface area contributed by atoms with Gasteiger partial charge in [0, 0.05) is 38.3 Å². The van der Waals surface area contributed by atoms with Gasteiger partial charge in [0.05, 0.1) is 13.2 Å². The first-order valence-corrected chi connectivity index (χ1v) is 14.0. The monoisotopic (exact) mass is 607 g/mol. The predicted molar refractivity (Wildman–Crippen MR) is 157 cm³/mol. The van der Waals surface area contributed by atoms with E-state index >= 15 is 0 Å². The van der Waals surface area contributed by atoms with Crippen LogP contribution in [-0.4, -0.2) is 36.5 Å². The van der Waals surface area contributed by atoms with Gasteiger partial charge in [-0.2, -0.15) is 0 Å². The average molecular weight is 608 g/mol. The lowest BCUT2D eigenvalue weighted by Gasteiger charge is -2.37. The van der Waals surface area contributed by atoms with Crippen molar-refractivity contribution >= 4 is 45.0 Å². The molecule has 1 spiro atoms. The number of methoxy groups -OCH3 is 1. The summed E-state index contributed by atoms with van der Waals surface area (Å²) >= 11 is 3.49. The van der Waals surface area contributed by atoms with Crippen molar-refractivity contribution in [2.24, 2.45) is 5.41 Å². The molecule has 0 amide bonds. The fraction of sp³-hybridized carbons (Fsp3) is 0.147. The number of hydrogen-bond acceptors (Lipinski definition) is 5. The number of carbonyl (C=O) groups excluding carboxylic acids is 3. The third-order valence-corrected chi connectivity index (χ3v) is 9.15. The topological polar surface area (TPSA) is 63.7 Å². The Morgan fingerprint density at radius 3 is 2.29 bits per heavy atom. The Bertz CT molecular complexity index is 1760. The Morgan fingerprint density at radius 2 is 1.61 bits per heavy atom. The van der Waals surface area contributed by atoms with Gasteiger partial charge < -0.3 is 9.64 Å². The van der Waals surface area contributed by atoms with Gasteiger partial charge in [-0.15, -0.1) is 0 Å². The Kier molecular flexibility index (Phi) is 5.84. The third kappa shape index (κ3) is 3.55. The zero-order valence-corrected chi connectivity index (χ0v) is 23.5. The van der Waals surface area contributed by atoms with Gasteiger partial charge in [0.25, 0.3) is 0 Å². The molecule has 2 heterocycles. The number of Topliss-reactive ketones (excluding diaryl/α,β-unsaturated/α-hetero) is 3. The van der Waals surface area contributed by atoms with Crippen molar-refractivity contribution in [1.29, 1.82) is 0 Å². The highest BCUT2D eigenvalue weighted by Gasteiger charge is 2.71. The van der Waals surface area contributed by atoms with Crippen LogP contribution in [-0.2, 0) is 0 Å². The van der Waals surface area contributed by atoms with E-state index in [9.17, 15) is 18.8 Å². The Balaban J connectivity index is 1.54. The number of benzene rings is 4. The normalized spacial score (nSPS) is 21.5. The number of nitrogens with zero attached hydrogens (tertiary/aromatic N) is 1. The van der Waals surface area contributed by atoms with Crippen LogP contribution in [0.1, 0.15) is 48.1 Å². The fourth-order valence-corrected chi connectivity index (χ4v) is 7.20. The van der Waals surface area contributed by atoms with Gasteiger partial charge in [-0.05, 0) is 48.0 Å². The minimum absolute atomic E-state index is 0.263. The van der Waals surface area contributed by atoms with E-state index in [1.807, 2.05) is 29.2 Å². The summed E-state index contributed by atoms with van der Waals surface area (Å²) in [7, 11) is 1.53. The molecule has 0 aromatic heterocycles. The quantitative estimate of drug-likeness (QED) is 0.186. The SMILES string of the molecule is COc1cccc(C(=O)[C@@H]2[C@@H](c3ccc(Br)cc3)C3(C(=O)c4ccccc4C3=O)[C@@H]3C=Cc4cc(F)ccc4N23)c1. The van der Waals surface area contributed by atoms with Crippen LogP contribution in [0.3, 0.4) is 0 Å². The van der Waals surface area contributed by atoms with Gasteiger partial charge in [-0.3, -0.25) is 14.4 Å². The van der Waals surface area contributed by atoms with Gasteiger partial charge in [-0.1, -0.05) is 76.6 Å². The summed E-state index contributed by atoms with van der Waals surface area (Å²) in [6.45, 7) is 0. The molecule has 5 nitrogen and oxygen atoms in total. The molecule has 1 aliphatic carbocycles. The van der Waals surface area contributed by atoms with E-state index in [-0.39, 0.29) is 17.3 Å². The minimum Gasteiger partial charge on any atom is -0.497 e. The van der Waals surface area contributed by atoms with Crippen molar-refractivity contribution < 1.29 is 23.5 Å². The lowest BCUT2D eigenvalue weighted by Crippen LogP contribution is -2.48. The third-order valence-electron chi connectivity index (χ3n) is 8.62. The van der Waals surface area contributed by atoms with Gasteiger partial charge in [0.15, 0.2) is 17.3 Å². The summed E-state index contributed by atoms with van der Waals surface area (Å²) in [6, 6.07) is 23.8. The molecule has 2 aliphatic heterocycles. The highest BCUT2D eigenvalue weighted by atomic mass is 79.9. The number of anilines is 1. The number of hydrogen-bond donors (Lipinski definition) is 0. The largest absolute Gasteiger partial charge is 0.497 e.